The van der Waals surface area contributed by atoms with E-state index in [0.717, 1.165) is 32.1 Å². The van der Waals surface area contributed by atoms with Gasteiger partial charge in [0, 0.05) is 19.4 Å². The van der Waals surface area contributed by atoms with Crippen molar-refractivity contribution >= 4 is 19.8 Å². The standard InChI is InChI=1S/C45H88NO8P/c1-3-5-7-9-11-12-13-14-15-16-17-18-19-20-21-22-23-24-25-26-27-28-29-30-32-34-36-38-45(48)54-43(42-53-55(49,50)52-40-39-46)41-51-44(47)37-35-33-31-10-8-6-4-2/h16-17,43H,3-15,18-42,46H2,1-2H3,(H,49,50)/b17-16-. The van der Waals surface area contributed by atoms with Crippen molar-refractivity contribution in [2.24, 2.45) is 5.73 Å². The Morgan fingerprint density at radius 3 is 1.29 bits per heavy atom. The van der Waals surface area contributed by atoms with Gasteiger partial charge in [-0.15, -0.1) is 0 Å². The second kappa shape index (κ2) is 42.4. The van der Waals surface area contributed by atoms with Gasteiger partial charge in [0.15, 0.2) is 6.10 Å². The molecule has 0 aliphatic carbocycles. The number of esters is 2. The Kier molecular flexibility index (Phi) is 41.4. The first kappa shape index (κ1) is 53.8. The van der Waals surface area contributed by atoms with E-state index in [1.165, 1.54) is 167 Å². The predicted octanol–water partition coefficient (Wildman–Crippen LogP) is 13.4. The summed E-state index contributed by atoms with van der Waals surface area (Å²) in [6.45, 7) is 3.71. The Bertz CT molecular complexity index is 917. The fourth-order valence-corrected chi connectivity index (χ4v) is 7.45. The topological polar surface area (TPSA) is 134 Å². The highest BCUT2D eigenvalue weighted by Gasteiger charge is 2.26. The Balaban J connectivity index is 3.85. The average molecular weight is 802 g/mol. The molecule has 0 rings (SSSR count). The summed E-state index contributed by atoms with van der Waals surface area (Å²) in [5.74, 6) is -0.825. The lowest BCUT2D eigenvalue weighted by molar-refractivity contribution is -0.161. The maximum absolute atomic E-state index is 12.6. The van der Waals surface area contributed by atoms with E-state index in [1.807, 2.05) is 0 Å². The van der Waals surface area contributed by atoms with E-state index in [2.05, 4.69) is 26.0 Å². The van der Waals surface area contributed by atoms with Crippen LogP contribution in [0.4, 0.5) is 0 Å². The van der Waals surface area contributed by atoms with Crippen molar-refractivity contribution in [2.45, 2.75) is 238 Å². The van der Waals surface area contributed by atoms with Crippen LogP contribution in [-0.4, -0.2) is 49.3 Å². The average Bonchev–Trinajstić information content (AvgIpc) is 3.17. The number of hydrogen-bond acceptors (Lipinski definition) is 8. The third-order valence-electron chi connectivity index (χ3n) is 10.2. The lowest BCUT2D eigenvalue weighted by Gasteiger charge is -2.19. The molecule has 0 fully saturated rings. The monoisotopic (exact) mass is 802 g/mol. The van der Waals surface area contributed by atoms with Gasteiger partial charge in [-0.1, -0.05) is 193 Å². The van der Waals surface area contributed by atoms with Gasteiger partial charge in [0.05, 0.1) is 13.2 Å². The normalized spacial score (nSPS) is 13.3. The Hall–Kier alpha value is -1.25. The van der Waals surface area contributed by atoms with Gasteiger partial charge in [-0.3, -0.25) is 18.6 Å². The van der Waals surface area contributed by atoms with Gasteiger partial charge in [0.25, 0.3) is 0 Å². The van der Waals surface area contributed by atoms with Crippen LogP contribution in [-0.2, 0) is 32.7 Å². The maximum atomic E-state index is 12.6. The second-order valence-electron chi connectivity index (χ2n) is 15.6. The minimum absolute atomic E-state index is 0.0564. The lowest BCUT2D eigenvalue weighted by atomic mass is 10.0. The molecule has 0 radical (unpaired) electrons. The molecule has 0 saturated carbocycles. The SMILES string of the molecule is CCCCCCCCCC/C=C\CCCCCCCCCCCCCCCCCC(=O)OC(COC(=O)CCCCCCCCC)COP(=O)(O)OCCN. The van der Waals surface area contributed by atoms with Crippen LogP contribution >= 0.6 is 7.82 Å². The van der Waals surface area contributed by atoms with E-state index in [1.54, 1.807) is 0 Å². The van der Waals surface area contributed by atoms with E-state index in [4.69, 9.17) is 24.3 Å². The molecule has 0 aromatic carbocycles. The molecule has 0 amide bonds. The van der Waals surface area contributed by atoms with Crippen LogP contribution < -0.4 is 5.73 Å². The number of hydrogen-bond donors (Lipinski definition) is 2. The molecule has 0 heterocycles. The van der Waals surface area contributed by atoms with Crippen LogP contribution in [0.3, 0.4) is 0 Å². The Labute approximate surface area is 339 Å². The highest BCUT2D eigenvalue weighted by Crippen LogP contribution is 2.43. The van der Waals surface area contributed by atoms with Crippen molar-refractivity contribution in [3.8, 4) is 0 Å². The van der Waals surface area contributed by atoms with Crippen LogP contribution in [0, 0.1) is 0 Å². The van der Waals surface area contributed by atoms with Crippen molar-refractivity contribution in [3.05, 3.63) is 12.2 Å². The molecule has 0 spiro atoms. The van der Waals surface area contributed by atoms with Crippen molar-refractivity contribution in [1.82, 2.24) is 0 Å². The van der Waals surface area contributed by atoms with Crippen molar-refractivity contribution in [1.29, 1.82) is 0 Å². The number of rotatable bonds is 44. The van der Waals surface area contributed by atoms with Gasteiger partial charge < -0.3 is 20.1 Å². The zero-order valence-electron chi connectivity index (χ0n) is 35.9. The van der Waals surface area contributed by atoms with Crippen molar-refractivity contribution in [2.75, 3.05) is 26.4 Å². The molecule has 0 bridgehead atoms. The molecule has 326 valence electrons. The first-order valence-electron chi connectivity index (χ1n) is 23.2. The molecule has 10 heteroatoms. The van der Waals surface area contributed by atoms with Gasteiger partial charge in [0.2, 0.25) is 0 Å². The fourth-order valence-electron chi connectivity index (χ4n) is 6.69. The highest BCUT2D eigenvalue weighted by atomic mass is 31.2. The molecule has 0 aromatic rings. The van der Waals surface area contributed by atoms with Crippen LogP contribution in [0.25, 0.3) is 0 Å². The van der Waals surface area contributed by atoms with Crippen LogP contribution in [0.2, 0.25) is 0 Å². The Morgan fingerprint density at radius 1 is 0.527 bits per heavy atom. The molecule has 0 aliphatic rings. The first-order valence-corrected chi connectivity index (χ1v) is 24.7. The van der Waals surface area contributed by atoms with E-state index >= 15 is 0 Å². The third-order valence-corrected chi connectivity index (χ3v) is 11.1. The zero-order valence-corrected chi connectivity index (χ0v) is 36.8. The summed E-state index contributed by atoms with van der Waals surface area (Å²) in [7, 11) is -4.36. The van der Waals surface area contributed by atoms with Gasteiger partial charge in [-0.25, -0.2) is 4.57 Å². The maximum Gasteiger partial charge on any atom is 0.472 e. The van der Waals surface area contributed by atoms with Gasteiger partial charge >= 0.3 is 19.8 Å². The number of unbranched alkanes of at least 4 members (excludes halogenated alkanes) is 29. The number of carbonyl (C=O) groups is 2. The molecular weight excluding hydrogens is 713 g/mol. The second-order valence-corrected chi connectivity index (χ2v) is 17.1. The van der Waals surface area contributed by atoms with E-state index in [-0.39, 0.29) is 38.6 Å². The minimum atomic E-state index is -4.36. The molecule has 55 heavy (non-hydrogen) atoms. The van der Waals surface area contributed by atoms with Gasteiger partial charge in [-0.05, 0) is 38.5 Å². The van der Waals surface area contributed by atoms with E-state index in [9.17, 15) is 19.0 Å². The van der Waals surface area contributed by atoms with Crippen LogP contribution in [0.5, 0.6) is 0 Å². The number of phosphoric acid groups is 1. The quantitative estimate of drug-likeness (QED) is 0.0267. The van der Waals surface area contributed by atoms with Gasteiger partial charge in [0.1, 0.15) is 6.61 Å². The van der Waals surface area contributed by atoms with E-state index < -0.39 is 26.5 Å². The summed E-state index contributed by atoms with van der Waals surface area (Å²) in [6.07, 6.45) is 44.3. The highest BCUT2D eigenvalue weighted by molar-refractivity contribution is 7.47. The fraction of sp³-hybridized carbons (Fsp3) is 0.911. The minimum Gasteiger partial charge on any atom is -0.462 e. The molecule has 3 N–H and O–H groups in total. The number of ether oxygens (including phenoxy) is 2. The summed E-state index contributed by atoms with van der Waals surface area (Å²) < 4.78 is 32.7. The lowest BCUT2D eigenvalue weighted by Crippen LogP contribution is -2.29. The summed E-state index contributed by atoms with van der Waals surface area (Å²) >= 11 is 0. The summed E-state index contributed by atoms with van der Waals surface area (Å²) in [4.78, 5) is 34.7. The molecule has 9 nitrogen and oxygen atoms in total. The largest absolute Gasteiger partial charge is 0.472 e. The van der Waals surface area contributed by atoms with Crippen LogP contribution in [0.1, 0.15) is 232 Å². The Morgan fingerprint density at radius 2 is 0.891 bits per heavy atom. The third kappa shape index (κ3) is 42.2. The van der Waals surface area contributed by atoms with Gasteiger partial charge in [-0.2, -0.15) is 0 Å². The smallest absolute Gasteiger partial charge is 0.462 e. The molecule has 2 unspecified atom stereocenters. The number of carbonyl (C=O) groups excluding carboxylic acids is 2. The molecule has 0 saturated heterocycles. The molecule has 0 aromatic heterocycles. The van der Waals surface area contributed by atoms with Crippen molar-refractivity contribution < 1.29 is 37.6 Å². The predicted molar refractivity (Wildman–Crippen MR) is 229 cm³/mol. The molecular formula is C45H88NO8P. The summed E-state index contributed by atoms with van der Waals surface area (Å²) in [5, 5.41) is 0. The molecule has 2 atom stereocenters. The van der Waals surface area contributed by atoms with Crippen molar-refractivity contribution in [3.63, 3.8) is 0 Å². The first-order chi connectivity index (χ1) is 26.8. The summed E-state index contributed by atoms with van der Waals surface area (Å²) in [6, 6.07) is 0. The number of phosphoric ester groups is 1. The number of nitrogens with two attached hydrogens (primary N) is 1. The van der Waals surface area contributed by atoms with E-state index in [0.29, 0.717) is 6.42 Å². The molecule has 0 aliphatic heterocycles. The number of allylic oxidation sites excluding steroid dienone is 2. The zero-order chi connectivity index (χ0) is 40.3. The van der Waals surface area contributed by atoms with Crippen LogP contribution in [0.15, 0.2) is 12.2 Å². The summed E-state index contributed by atoms with van der Waals surface area (Å²) in [5.41, 5.74) is 5.34.